The summed E-state index contributed by atoms with van der Waals surface area (Å²) in [4.78, 5) is 8.03. The molecule has 0 atom stereocenters. The third-order valence-electron chi connectivity index (χ3n) is 2.04. The highest BCUT2D eigenvalue weighted by Crippen LogP contribution is 2.29. The van der Waals surface area contributed by atoms with E-state index in [1.165, 1.54) is 5.56 Å². The number of nitrogens with two attached hydrogens (primary N) is 1. The lowest BCUT2D eigenvalue weighted by atomic mass is 10.2. The number of benzene rings is 1. The zero-order chi connectivity index (χ0) is 11.4. The fraction of sp³-hybridized carbons (Fsp3) is 0.0909. The van der Waals surface area contributed by atoms with Crippen LogP contribution in [-0.2, 0) is 5.75 Å². The molecule has 0 aliphatic heterocycles. The molecule has 5 heteroatoms. The minimum absolute atomic E-state index is 0.765. The smallest absolute Gasteiger partial charge is 0.116 e. The molecule has 16 heavy (non-hydrogen) atoms. The summed E-state index contributed by atoms with van der Waals surface area (Å²) in [5, 5.41) is 0.962. The Morgan fingerprint density at radius 1 is 1.31 bits per heavy atom. The molecule has 0 fully saturated rings. The van der Waals surface area contributed by atoms with Crippen LogP contribution in [0, 0.1) is 0 Å². The monoisotopic (exact) mass is 295 g/mol. The van der Waals surface area contributed by atoms with Crippen molar-refractivity contribution in [2.24, 2.45) is 0 Å². The number of thioether (sulfide) groups is 1. The van der Waals surface area contributed by atoms with Crippen LogP contribution in [-0.4, -0.2) is 9.97 Å². The van der Waals surface area contributed by atoms with Crippen molar-refractivity contribution in [2.75, 3.05) is 5.73 Å². The van der Waals surface area contributed by atoms with Gasteiger partial charge >= 0.3 is 0 Å². The first-order chi connectivity index (χ1) is 7.77. The number of hydrogen-bond donors (Lipinski definition) is 1. The predicted molar refractivity (Wildman–Crippen MR) is 70.1 cm³/mol. The largest absolute Gasteiger partial charge is 0.398 e. The lowest BCUT2D eigenvalue weighted by Gasteiger charge is -2.05. The number of hydrogen-bond acceptors (Lipinski definition) is 4. The number of nitrogens with zero attached hydrogens (tertiary/aromatic N) is 2. The quantitative estimate of drug-likeness (QED) is 0.537. The van der Waals surface area contributed by atoms with Crippen LogP contribution >= 0.6 is 27.7 Å². The van der Waals surface area contributed by atoms with Gasteiger partial charge in [0.15, 0.2) is 0 Å². The summed E-state index contributed by atoms with van der Waals surface area (Å²) >= 11 is 5.14. The molecule has 0 unspecified atom stereocenters. The molecule has 0 aliphatic carbocycles. The fourth-order valence-corrected chi connectivity index (χ4v) is 2.64. The molecule has 2 rings (SSSR count). The average Bonchev–Trinajstić information content (AvgIpc) is 2.32. The summed E-state index contributed by atoms with van der Waals surface area (Å²) in [6.07, 6.45) is 3.29. The highest BCUT2D eigenvalue weighted by atomic mass is 79.9. The summed E-state index contributed by atoms with van der Waals surface area (Å²) in [6, 6.07) is 7.78. The summed E-state index contributed by atoms with van der Waals surface area (Å²) in [7, 11) is 0. The Labute approximate surface area is 107 Å². The van der Waals surface area contributed by atoms with Gasteiger partial charge in [-0.2, -0.15) is 0 Å². The Balaban J connectivity index is 2.08. The molecule has 0 saturated heterocycles. The van der Waals surface area contributed by atoms with E-state index >= 15 is 0 Å². The van der Waals surface area contributed by atoms with E-state index in [0.717, 1.165) is 20.9 Å². The van der Waals surface area contributed by atoms with Crippen molar-refractivity contribution in [1.82, 2.24) is 9.97 Å². The maximum Gasteiger partial charge on any atom is 0.116 e. The maximum atomic E-state index is 5.81. The number of nitrogen functional groups attached to an aromatic ring is 1. The molecular formula is C11H10BrN3S. The fourth-order valence-electron chi connectivity index (χ4n) is 1.23. The van der Waals surface area contributed by atoms with Gasteiger partial charge in [0.05, 0.1) is 5.03 Å². The molecule has 0 aliphatic rings. The van der Waals surface area contributed by atoms with Gasteiger partial charge in [-0.05, 0) is 33.6 Å². The van der Waals surface area contributed by atoms with Crippen LogP contribution in [0.1, 0.15) is 5.56 Å². The molecule has 1 heterocycles. The van der Waals surface area contributed by atoms with Crippen molar-refractivity contribution < 1.29 is 0 Å². The summed E-state index contributed by atoms with van der Waals surface area (Å²) < 4.78 is 0.969. The number of aromatic nitrogens is 2. The van der Waals surface area contributed by atoms with Crippen LogP contribution in [0.2, 0.25) is 0 Å². The summed E-state index contributed by atoms with van der Waals surface area (Å²) in [5.41, 5.74) is 7.74. The van der Waals surface area contributed by atoms with Gasteiger partial charge < -0.3 is 5.73 Å². The van der Waals surface area contributed by atoms with E-state index in [9.17, 15) is 0 Å². The number of halogens is 1. The van der Waals surface area contributed by atoms with Gasteiger partial charge in [-0.15, -0.1) is 11.8 Å². The van der Waals surface area contributed by atoms with Crippen LogP contribution in [0.4, 0.5) is 5.69 Å². The zero-order valence-electron chi connectivity index (χ0n) is 8.43. The minimum Gasteiger partial charge on any atom is -0.398 e. The topological polar surface area (TPSA) is 51.8 Å². The van der Waals surface area contributed by atoms with E-state index < -0.39 is 0 Å². The van der Waals surface area contributed by atoms with Crippen molar-refractivity contribution in [2.45, 2.75) is 10.8 Å². The van der Waals surface area contributed by atoms with E-state index in [1.807, 2.05) is 18.2 Å². The summed E-state index contributed by atoms with van der Waals surface area (Å²) in [6.45, 7) is 0. The van der Waals surface area contributed by atoms with Crippen LogP contribution in [0.25, 0.3) is 0 Å². The van der Waals surface area contributed by atoms with Crippen molar-refractivity contribution in [1.29, 1.82) is 0 Å². The highest BCUT2D eigenvalue weighted by molar-refractivity contribution is 9.10. The molecule has 0 radical (unpaired) electrons. The Bertz CT molecular complexity index is 476. The van der Waals surface area contributed by atoms with E-state index in [1.54, 1.807) is 24.3 Å². The molecule has 0 spiro atoms. The first-order valence-electron chi connectivity index (χ1n) is 4.69. The van der Waals surface area contributed by atoms with E-state index in [4.69, 9.17) is 5.73 Å². The van der Waals surface area contributed by atoms with Gasteiger partial charge in [0.2, 0.25) is 0 Å². The molecule has 0 saturated carbocycles. The molecule has 2 N–H and O–H groups in total. The van der Waals surface area contributed by atoms with Crippen molar-refractivity contribution in [3.63, 3.8) is 0 Å². The molecule has 2 aromatic rings. The third-order valence-corrected chi connectivity index (χ3v) is 4.00. The lowest BCUT2D eigenvalue weighted by Crippen LogP contribution is -1.91. The third kappa shape index (κ3) is 2.74. The Morgan fingerprint density at radius 3 is 2.94 bits per heavy atom. The molecular weight excluding hydrogens is 286 g/mol. The average molecular weight is 296 g/mol. The molecule has 82 valence electrons. The van der Waals surface area contributed by atoms with E-state index in [2.05, 4.69) is 32.0 Å². The van der Waals surface area contributed by atoms with Crippen molar-refractivity contribution in [3.05, 3.63) is 46.8 Å². The Morgan fingerprint density at radius 2 is 2.19 bits per heavy atom. The van der Waals surface area contributed by atoms with Gasteiger partial charge in [0.25, 0.3) is 0 Å². The SMILES string of the molecule is Nc1cccc(CSc2ccncn2)c1Br. The van der Waals surface area contributed by atoms with Gasteiger partial charge in [-0.3, -0.25) is 0 Å². The molecule has 1 aromatic carbocycles. The standard InChI is InChI=1S/C11H10BrN3S/c12-11-8(2-1-3-9(11)13)6-16-10-4-5-14-7-15-10/h1-5,7H,6,13H2. The van der Waals surface area contributed by atoms with Crippen LogP contribution in [0.5, 0.6) is 0 Å². The second-order valence-electron chi connectivity index (χ2n) is 3.16. The normalized spacial score (nSPS) is 10.3. The molecule has 0 amide bonds. The second-order valence-corrected chi connectivity index (χ2v) is 4.95. The first kappa shape index (κ1) is 11.4. The molecule has 3 nitrogen and oxygen atoms in total. The van der Waals surface area contributed by atoms with Crippen LogP contribution < -0.4 is 5.73 Å². The van der Waals surface area contributed by atoms with Crippen LogP contribution in [0.15, 0.2) is 46.3 Å². The van der Waals surface area contributed by atoms with Gasteiger partial charge in [-0.25, -0.2) is 9.97 Å². The molecule has 0 bridgehead atoms. The second kappa shape index (κ2) is 5.32. The molecule has 1 aromatic heterocycles. The van der Waals surface area contributed by atoms with Gasteiger partial charge in [-0.1, -0.05) is 12.1 Å². The van der Waals surface area contributed by atoms with Gasteiger partial charge in [0, 0.05) is 22.1 Å². The predicted octanol–water partition coefficient (Wildman–Crippen LogP) is 3.11. The van der Waals surface area contributed by atoms with E-state index in [0.29, 0.717) is 0 Å². The summed E-state index contributed by atoms with van der Waals surface area (Å²) in [5.74, 6) is 0.836. The minimum atomic E-state index is 0.765. The lowest BCUT2D eigenvalue weighted by molar-refractivity contribution is 1.05. The van der Waals surface area contributed by atoms with E-state index in [-0.39, 0.29) is 0 Å². The zero-order valence-corrected chi connectivity index (χ0v) is 10.8. The maximum absolute atomic E-state index is 5.81. The number of anilines is 1. The van der Waals surface area contributed by atoms with Crippen molar-refractivity contribution in [3.8, 4) is 0 Å². The Kier molecular flexibility index (Phi) is 3.79. The first-order valence-corrected chi connectivity index (χ1v) is 6.47. The Hall–Kier alpha value is -1.07. The highest BCUT2D eigenvalue weighted by Gasteiger charge is 2.03. The number of rotatable bonds is 3. The van der Waals surface area contributed by atoms with Crippen LogP contribution in [0.3, 0.4) is 0 Å². The van der Waals surface area contributed by atoms with Crippen molar-refractivity contribution >= 4 is 33.4 Å². The van der Waals surface area contributed by atoms with Gasteiger partial charge in [0.1, 0.15) is 6.33 Å².